The van der Waals surface area contributed by atoms with Crippen LogP contribution in [0.1, 0.15) is 16.9 Å². The first-order valence-electron chi connectivity index (χ1n) is 5.65. The van der Waals surface area contributed by atoms with Gasteiger partial charge in [-0.15, -0.1) is 11.3 Å². The zero-order chi connectivity index (χ0) is 11.5. The van der Waals surface area contributed by atoms with E-state index in [0.29, 0.717) is 5.92 Å². The first kappa shape index (κ1) is 11.6. The van der Waals surface area contributed by atoms with E-state index >= 15 is 0 Å². The normalized spacial score (nSPS) is 23.3. The molecule has 0 aliphatic heterocycles. The standard InChI is InChI=1S/C12H17NO2S/c1-8-3-5-16-11(8)2-4-13-7-9-6-10(9)12(14)15/h3,5,9-10,13H,2,4,6-7H2,1H3,(H,14,15). The van der Waals surface area contributed by atoms with Crippen LogP contribution in [0, 0.1) is 18.8 Å². The fourth-order valence-corrected chi connectivity index (χ4v) is 2.84. The predicted molar refractivity (Wildman–Crippen MR) is 64.9 cm³/mol. The summed E-state index contributed by atoms with van der Waals surface area (Å²) in [6.45, 7) is 3.93. The Morgan fingerprint density at radius 3 is 3.06 bits per heavy atom. The molecule has 2 unspecified atom stereocenters. The average Bonchev–Trinajstić information content (AvgIpc) is 2.91. The van der Waals surface area contributed by atoms with Crippen LogP contribution in [0.25, 0.3) is 0 Å². The van der Waals surface area contributed by atoms with Gasteiger partial charge in [-0.25, -0.2) is 0 Å². The highest BCUT2D eigenvalue weighted by molar-refractivity contribution is 7.10. The number of aryl methyl sites for hydroxylation is 1. The molecule has 1 fully saturated rings. The Bertz CT molecular complexity index is 375. The molecule has 1 aliphatic rings. The minimum atomic E-state index is -0.638. The molecule has 16 heavy (non-hydrogen) atoms. The van der Waals surface area contributed by atoms with Crippen LogP contribution in [0.2, 0.25) is 0 Å². The summed E-state index contributed by atoms with van der Waals surface area (Å²) in [5.74, 6) is -0.362. The maximum Gasteiger partial charge on any atom is 0.306 e. The van der Waals surface area contributed by atoms with Crippen molar-refractivity contribution in [3.05, 3.63) is 21.9 Å². The van der Waals surface area contributed by atoms with Crippen molar-refractivity contribution in [2.75, 3.05) is 13.1 Å². The summed E-state index contributed by atoms with van der Waals surface area (Å²) in [6, 6.07) is 2.14. The van der Waals surface area contributed by atoms with E-state index in [1.807, 2.05) is 0 Å². The number of nitrogens with one attached hydrogen (secondary N) is 1. The third kappa shape index (κ3) is 2.83. The Labute approximate surface area is 99.5 Å². The monoisotopic (exact) mass is 239 g/mol. The van der Waals surface area contributed by atoms with E-state index in [9.17, 15) is 4.79 Å². The molecule has 1 aliphatic carbocycles. The highest BCUT2D eigenvalue weighted by Crippen LogP contribution is 2.37. The molecule has 1 saturated carbocycles. The van der Waals surface area contributed by atoms with Crippen LogP contribution < -0.4 is 5.32 Å². The van der Waals surface area contributed by atoms with Crippen LogP contribution >= 0.6 is 11.3 Å². The Kier molecular flexibility index (Phi) is 3.61. The average molecular weight is 239 g/mol. The van der Waals surface area contributed by atoms with Gasteiger partial charge in [0.05, 0.1) is 5.92 Å². The molecule has 1 aromatic heterocycles. The number of rotatable bonds is 6. The fourth-order valence-electron chi connectivity index (χ4n) is 1.93. The van der Waals surface area contributed by atoms with Gasteiger partial charge in [0, 0.05) is 4.88 Å². The molecule has 0 radical (unpaired) electrons. The summed E-state index contributed by atoms with van der Waals surface area (Å²) in [5.41, 5.74) is 1.36. The third-order valence-electron chi connectivity index (χ3n) is 3.14. The van der Waals surface area contributed by atoms with E-state index in [1.165, 1.54) is 10.4 Å². The van der Waals surface area contributed by atoms with Crippen molar-refractivity contribution in [2.24, 2.45) is 11.8 Å². The van der Waals surface area contributed by atoms with Crippen molar-refractivity contribution in [1.29, 1.82) is 0 Å². The second kappa shape index (κ2) is 4.97. The Morgan fingerprint density at radius 2 is 2.50 bits per heavy atom. The van der Waals surface area contributed by atoms with Gasteiger partial charge in [0.1, 0.15) is 0 Å². The molecule has 1 heterocycles. The lowest BCUT2D eigenvalue weighted by Gasteiger charge is -2.03. The summed E-state index contributed by atoms with van der Waals surface area (Å²) >= 11 is 1.80. The number of carboxylic acid groups (broad SMARTS) is 1. The molecule has 0 bridgehead atoms. The van der Waals surface area contributed by atoms with Crippen molar-refractivity contribution in [3.8, 4) is 0 Å². The van der Waals surface area contributed by atoms with E-state index in [-0.39, 0.29) is 5.92 Å². The lowest BCUT2D eigenvalue weighted by atomic mass is 10.2. The van der Waals surface area contributed by atoms with Crippen LogP contribution in [0.4, 0.5) is 0 Å². The number of carbonyl (C=O) groups is 1. The first-order valence-corrected chi connectivity index (χ1v) is 6.53. The summed E-state index contributed by atoms with van der Waals surface area (Å²) in [4.78, 5) is 12.0. The lowest BCUT2D eigenvalue weighted by Crippen LogP contribution is -2.21. The van der Waals surface area contributed by atoms with E-state index in [2.05, 4.69) is 23.7 Å². The molecule has 0 aromatic carbocycles. The number of carboxylic acids is 1. The molecule has 0 saturated heterocycles. The van der Waals surface area contributed by atoms with Crippen LogP contribution in [-0.4, -0.2) is 24.2 Å². The van der Waals surface area contributed by atoms with Gasteiger partial charge in [-0.1, -0.05) is 0 Å². The van der Waals surface area contributed by atoms with Gasteiger partial charge in [-0.3, -0.25) is 4.79 Å². The topological polar surface area (TPSA) is 49.3 Å². The van der Waals surface area contributed by atoms with Gasteiger partial charge >= 0.3 is 5.97 Å². The van der Waals surface area contributed by atoms with Crippen LogP contribution in [0.15, 0.2) is 11.4 Å². The van der Waals surface area contributed by atoms with Crippen LogP contribution in [0.3, 0.4) is 0 Å². The first-order chi connectivity index (χ1) is 7.68. The van der Waals surface area contributed by atoms with Crippen molar-refractivity contribution < 1.29 is 9.90 Å². The molecule has 2 atom stereocenters. The predicted octanol–water partition coefficient (Wildman–Crippen LogP) is 1.91. The minimum Gasteiger partial charge on any atom is -0.481 e. The zero-order valence-corrected chi connectivity index (χ0v) is 10.2. The number of aliphatic carboxylic acids is 1. The molecule has 0 amide bonds. The second-order valence-electron chi connectivity index (χ2n) is 4.42. The summed E-state index contributed by atoms with van der Waals surface area (Å²) in [7, 11) is 0. The minimum absolute atomic E-state index is 0.0871. The number of hydrogen-bond donors (Lipinski definition) is 2. The molecule has 3 nitrogen and oxygen atoms in total. The highest BCUT2D eigenvalue weighted by Gasteiger charge is 2.42. The van der Waals surface area contributed by atoms with Crippen LogP contribution in [-0.2, 0) is 11.2 Å². The Balaban J connectivity index is 1.60. The molecule has 2 N–H and O–H groups in total. The highest BCUT2D eigenvalue weighted by atomic mass is 32.1. The van der Waals surface area contributed by atoms with Gasteiger partial charge in [-0.2, -0.15) is 0 Å². The van der Waals surface area contributed by atoms with Gasteiger partial charge in [0.2, 0.25) is 0 Å². The quantitative estimate of drug-likeness (QED) is 0.746. The van der Waals surface area contributed by atoms with E-state index in [0.717, 1.165) is 25.9 Å². The summed E-state index contributed by atoms with van der Waals surface area (Å²) < 4.78 is 0. The van der Waals surface area contributed by atoms with Gasteiger partial charge in [0.15, 0.2) is 0 Å². The third-order valence-corrected chi connectivity index (χ3v) is 4.23. The van der Waals surface area contributed by atoms with E-state index in [4.69, 9.17) is 5.11 Å². The van der Waals surface area contributed by atoms with Crippen molar-refractivity contribution >= 4 is 17.3 Å². The molecule has 4 heteroatoms. The van der Waals surface area contributed by atoms with Gasteiger partial charge in [0.25, 0.3) is 0 Å². The van der Waals surface area contributed by atoms with E-state index in [1.54, 1.807) is 11.3 Å². The molecule has 1 aromatic rings. The summed E-state index contributed by atoms with van der Waals surface area (Å²) in [5, 5.41) is 14.2. The van der Waals surface area contributed by atoms with Crippen molar-refractivity contribution in [3.63, 3.8) is 0 Å². The smallest absolute Gasteiger partial charge is 0.306 e. The molecule has 88 valence electrons. The van der Waals surface area contributed by atoms with Gasteiger partial charge in [-0.05, 0) is 55.8 Å². The molecular formula is C12H17NO2S. The maximum absolute atomic E-state index is 10.6. The largest absolute Gasteiger partial charge is 0.481 e. The van der Waals surface area contributed by atoms with Crippen molar-refractivity contribution in [2.45, 2.75) is 19.8 Å². The fraction of sp³-hybridized carbons (Fsp3) is 0.583. The van der Waals surface area contributed by atoms with Gasteiger partial charge < -0.3 is 10.4 Å². The van der Waals surface area contributed by atoms with Crippen molar-refractivity contribution in [1.82, 2.24) is 5.32 Å². The molecule has 2 rings (SSSR count). The second-order valence-corrected chi connectivity index (χ2v) is 5.42. The number of hydrogen-bond acceptors (Lipinski definition) is 3. The lowest BCUT2D eigenvalue weighted by molar-refractivity contribution is -0.138. The maximum atomic E-state index is 10.6. The molecule has 0 spiro atoms. The van der Waals surface area contributed by atoms with E-state index < -0.39 is 5.97 Å². The Morgan fingerprint density at radius 1 is 1.69 bits per heavy atom. The summed E-state index contributed by atoms with van der Waals surface area (Å²) in [6.07, 6.45) is 1.90. The van der Waals surface area contributed by atoms with Crippen LogP contribution in [0.5, 0.6) is 0 Å². The zero-order valence-electron chi connectivity index (χ0n) is 9.40. The SMILES string of the molecule is Cc1ccsc1CCNCC1CC1C(=O)O. The molecular weight excluding hydrogens is 222 g/mol. The Hall–Kier alpha value is -0.870. The number of thiophene rings is 1.